The molecule has 0 radical (unpaired) electrons. The van der Waals surface area contributed by atoms with Crippen LogP contribution in [0.3, 0.4) is 0 Å². The molecule has 0 aliphatic rings. The summed E-state index contributed by atoms with van der Waals surface area (Å²) in [5, 5.41) is 18.6. The zero-order valence-corrected chi connectivity index (χ0v) is 13.9. The number of halogens is 1. The second kappa shape index (κ2) is 5.98. The first kappa shape index (κ1) is 16.9. The minimum absolute atomic E-state index is 0.158. The number of anilines is 1. The zero-order chi connectivity index (χ0) is 17.4. The molecule has 2 aromatic rings. The van der Waals surface area contributed by atoms with Gasteiger partial charge in [-0.2, -0.15) is 9.49 Å². The van der Waals surface area contributed by atoms with E-state index in [0.717, 1.165) is 17.3 Å². The van der Waals surface area contributed by atoms with Gasteiger partial charge in [0.1, 0.15) is 5.69 Å². The van der Waals surface area contributed by atoms with Gasteiger partial charge in [0.15, 0.2) is 0 Å². The Labute approximate surface area is 134 Å². The van der Waals surface area contributed by atoms with E-state index >= 15 is 0 Å². The molecule has 2 rings (SSSR count). The number of hydrogen-bond donors (Lipinski definition) is 1. The van der Waals surface area contributed by atoms with Gasteiger partial charge in [-0.05, 0) is 46.8 Å². The molecule has 1 aromatic carbocycles. The Kier molecular flexibility index (Phi) is 4.40. The Morgan fingerprint density at radius 1 is 1.39 bits per heavy atom. The second-order valence-corrected chi connectivity index (χ2v) is 6.54. The summed E-state index contributed by atoms with van der Waals surface area (Å²) in [7, 11) is 0. The fourth-order valence-electron chi connectivity index (χ4n) is 2.37. The number of nitrogens with zero attached hydrogens (tertiary/aromatic N) is 3. The third-order valence-corrected chi connectivity index (χ3v) is 3.63. The molecule has 0 bridgehead atoms. The number of benzene rings is 1. The van der Waals surface area contributed by atoms with Gasteiger partial charge < -0.3 is 5.32 Å². The number of nitrogens with one attached hydrogen (secondary N) is 1. The van der Waals surface area contributed by atoms with Crippen molar-refractivity contribution < 1.29 is 9.31 Å². The highest BCUT2D eigenvalue weighted by atomic mass is 19.1. The molecular formula is C16H21FN4O2. The number of hydrogen-bond acceptors (Lipinski definition) is 4. The maximum atomic E-state index is 13.7. The molecule has 0 saturated heterocycles. The van der Waals surface area contributed by atoms with Crippen LogP contribution in [0.15, 0.2) is 24.4 Å². The van der Waals surface area contributed by atoms with Gasteiger partial charge in [-0.3, -0.25) is 14.8 Å². The SMILES string of the molecule is Cc1nn(C(C)(C)C)cc1C(C)Nc1cccc(F)c1[N+](=O)[O-]. The maximum Gasteiger partial charge on any atom is 0.327 e. The number of rotatable bonds is 4. The van der Waals surface area contributed by atoms with Crippen molar-refractivity contribution in [2.24, 2.45) is 0 Å². The molecule has 0 aliphatic carbocycles. The molecule has 1 aromatic heterocycles. The highest BCUT2D eigenvalue weighted by molar-refractivity contribution is 5.62. The number of para-hydroxylation sites is 1. The van der Waals surface area contributed by atoms with Crippen LogP contribution in [0.5, 0.6) is 0 Å². The molecule has 0 saturated carbocycles. The lowest BCUT2D eigenvalue weighted by molar-refractivity contribution is -0.386. The Balaban J connectivity index is 2.34. The van der Waals surface area contributed by atoms with Crippen molar-refractivity contribution in [2.45, 2.75) is 46.2 Å². The van der Waals surface area contributed by atoms with E-state index in [-0.39, 0.29) is 17.3 Å². The minimum atomic E-state index is -0.852. The van der Waals surface area contributed by atoms with Gasteiger partial charge >= 0.3 is 5.69 Å². The highest BCUT2D eigenvalue weighted by Gasteiger charge is 2.23. The van der Waals surface area contributed by atoms with Gasteiger partial charge in [-0.1, -0.05) is 6.07 Å². The molecule has 23 heavy (non-hydrogen) atoms. The van der Waals surface area contributed by atoms with E-state index in [4.69, 9.17) is 0 Å². The summed E-state index contributed by atoms with van der Waals surface area (Å²) in [4.78, 5) is 10.4. The number of aromatic nitrogens is 2. The van der Waals surface area contributed by atoms with E-state index in [9.17, 15) is 14.5 Å². The molecule has 1 N–H and O–H groups in total. The molecule has 1 atom stereocenters. The molecular weight excluding hydrogens is 299 g/mol. The normalized spacial score (nSPS) is 13.0. The van der Waals surface area contributed by atoms with Crippen LogP contribution in [0.1, 0.15) is 45.0 Å². The van der Waals surface area contributed by atoms with Crippen LogP contribution in [0.25, 0.3) is 0 Å². The smallest absolute Gasteiger partial charge is 0.327 e. The molecule has 7 heteroatoms. The Bertz CT molecular complexity index is 734. The van der Waals surface area contributed by atoms with Crippen LogP contribution in [0.2, 0.25) is 0 Å². The van der Waals surface area contributed by atoms with Crippen molar-refractivity contribution in [3.63, 3.8) is 0 Å². The number of nitro groups is 1. The maximum absolute atomic E-state index is 13.7. The van der Waals surface area contributed by atoms with Crippen LogP contribution in [0, 0.1) is 22.9 Å². The zero-order valence-electron chi connectivity index (χ0n) is 13.9. The summed E-state index contributed by atoms with van der Waals surface area (Å²) in [6.07, 6.45) is 1.91. The fourth-order valence-corrected chi connectivity index (χ4v) is 2.37. The van der Waals surface area contributed by atoms with Crippen molar-refractivity contribution in [3.05, 3.63) is 51.6 Å². The van der Waals surface area contributed by atoms with Crippen molar-refractivity contribution in [2.75, 3.05) is 5.32 Å². The van der Waals surface area contributed by atoms with Gasteiger partial charge in [0, 0.05) is 11.8 Å². The lowest BCUT2D eigenvalue weighted by atomic mass is 10.1. The predicted molar refractivity (Wildman–Crippen MR) is 87.1 cm³/mol. The molecule has 124 valence electrons. The van der Waals surface area contributed by atoms with Crippen molar-refractivity contribution >= 4 is 11.4 Å². The summed E-state index contributed by atoms with van der Waals surface area (Å²) in [5.41, 5.74) is 1.20. The predicted octanol–water partition coefficient (Wildman–Crippen LogP) is 4.17. The monoisotopic (exact) mass is 320 g/mol. The van der Waals surface area contributed by atoms with Gasteiger partial charge in [0.25, 0.3) is 0 Å². The van der Waals surface area contributed by atoms with Crippen LogP contribution >= 0.6 is 0 Å². The van der Waals surface area contributed by atoms with Crippen LogP contribution in [-0.2, 0) is 5.54 Å². The Hall–Kier alpha value is -2.44. The first-order valence-electron chi connectivity index (χ1n) is 7.37. The molecule has 0 amide bonds. The topological polar surface area (TPSA) is 73.0 Å². The fraction of sp³-hybridized carbons (Fsp3) is 0.438. The van der Waals surface area contributed by atoms with Crippen molar-refractivity contribution in [1.82, 2.24) is 9.78 Å². The first-order valence-corrected chi connectivity index (χ1v) is 7.37. The molecule has 0 aliphatic heterocycles. The standard InChI is InChI=1S/C16H21FN4O2/c1-10(12-9-20(16(3,4)5)19-11(12)2)18-14-8-6-7-13(17)15(14)21(22)23/h6-10,18H,1-5H3. The number of nitro benzene ring substituents is 1. The molecule has 1 heterocycles. The van der Waals surface area contributed by atoms with Gasteiger partial charge in [-0.15, -0.1) is 0 Å². The second-order valence-electron chi connectivity index (χ2n) is 6.54. The molecule has 0 fully saturated rings. The molecule has 0 spiro atoms. The lowest BCUT2D eigenvalue weighted by Crippen LogP contribution is -2.22. The Morgan fingerprint density at radius 3 is 2.57 bits per heavy atom. The van der Waals surface area contributed by atoms with Crippen molar-refractivity contribution in [3.8, 4) is 0 Å². The summed E-state index contributed by atoms with van der Waals surface area (Å²) < 4.78 is 15.6. The van der Waals surface area contributed by atoms with Crippen molar-refractivity contribution in [1.29, 1.82) is 0 Å². The first-order chi connectivity index (χ1) is 10.6. The average Bonchev–Trinajstić information content (AvgIpc) is 2.80. The van der Waals surface area contributed by atoms with E-state index < -0.39 is 16.4 Å². The van der Waals surface area contributed by atoms with Gasteiger partial charge in [-0.25, -0.2) is 0 Å². The lowest BCUT2D eigenvalue weighted by Gasteiger charge is -2.19. The van der Waals surface area contributed by atoms with Gasteiger partial charge in [0.05, 0.1) is 22.2 Å². The largest absolute Gasteiger partial charge is 0.373 e. The van der Waals surface area contributed by atoms with Crippen LogP contribution < -0.4 is 5.32 Å². The summed E-state index contributed by atoms with van der Waals surface area (Å²) in [6, 6.07) is 3.78. The van der Waals surface area contributed by atoms with Gasteiger partial charge in [0.2, 0.25) is 5.82 Å². The van der Waals surface area contributed by atoms with Crippen LogP contribution in [-0.4, -0.2) is 14.7 Å². The van der Waals surface area contributed by atoms with E-state index in [1.807, 2.05) is 45.5 Å². The van der Waals surface area contributed by atoms with E-state index in [1.54, 1.807) is 0 Å². The van der Waals surface area contributed by atoms with E-state index in [2.05, 4.69) is 10.4 Å². The van der Waals surface area contributed by atoms with E-state index in [0.29, 0.717) is 0 Å². The third kappa shape index (κ3) is 3.49. The average molecular weight is 320 g/mol. The number of aryl methyl sites for hydroxylation is 1. The molecule has 1 unspecified atom stereocenters. The summed E-state index contributed by atoms with van der Waals surface area (Å²) >= 11 is 0. The highest BCUT2D eigenvalue weighted by Crippen LogP contribution is 2.31. The van der Waals surface area contributed by atoms with Crippen LogP contribution in [0.4, 0.5) is 15.8 Å². The quantitative estimate of drug-likeness (QED) is 0.678. The summed E-state index contributed by atoms with van der Waals surface area (Å²) in [6.45, 7) is 9.87. The van der Waals surface area contributed by atoms with E-state index in [1.165, 1.54) is 12.1 Å². The summed E-state index contributed by atoms with van der Waals surface area (Å²) in [5.74, 6) is -0.852. The minimum Gasteiger partial charge on any atom is -0.373 e. The Morgan fingerprint density at radius 2 is 2.04 bits per heavy atom. The third-order valence-electron chi connectivity index (χ3n) is 3.63. The molecule has 6 nitrogen and oxygen atoms in total.